The van der Waals surface area contributed by atoms with E-state index in [1.807, 2.05) is 13.0 Å². The van der Waals surface area contributed by atoms with Crippen LogP contribution in [0.3, 0.4) is 0 Å². The Hall–Kier alpha value is -0.900. The first kappa shape index (κ1) is 7.73. The summed E-state index contributed by atoms with van der Waals surface area (Å²) >= 11 is 3.29. The van der Waals surface area contributed by atoms with Crippen molar-refractivity contribution in [2.75, 3.05) is 0 Å². The van der Waals surface area contributed by atoms with Gasteiger partial charge in [-0.25, -0.2) is 4.52 Å². The van der Waals surface area contributed by atoms with Crippen LogP contribution in [0.5, 0.6) is 0 Å². The fourth-order valence-electron chi connectivity index (χ4n) is 1.14. The SMILES string of the molecule is Cc1cc(F)n2ncc(Br)c2c1. The molecule has 2 aromatic rings. The summed E-state index contributed by atoms with van der Waals surface area (Å²) in [5.74, 6) is -0.337. The van der Waals surface area contributed by atoms with Crippen molar-refractivity contribution in [1.29, 1.82) is 0 Å². The van der Waals surface area contributed by atoms with Gasteiger partial charge in [-0.2, -0.15) is 9.49 Å². The van der Waals surface area contributed by atoms with Gasteiger partial charge in [0, 0.05) is 0 Å². The van der Waals surface area contributed by atoms with Crippen LogP contribution in [0.4, 0.5) is 4.39 Å². The molecule has 0 amide bonds. The van der Waals surface area contributed by atoms with Crippen LogP contribution >= 0.6 is 15.9 Å². The number of hydrogen-bond donors (Lipinski definition) is 0. The van der Waals surface area contributed by atoms with Crippen LogP contribution in [0.2, 0.25) is 0 Å². The molecule has 0 aliphatic carbocycles. The largest absolute Gasteiger partial charge is 0.214 e. The Balaban J connectivity index is 2.92. The van der Waals surface area contributed by atoms with Crippen molar-refractivity contribution in [3.8, 4) is 0 Å². The number of pyridine rings is 1. The molecule has 0 aliphatic heterocycles. The summed E-state index contributed by atoms with van der Waals surface area (Å²) in [6.45, 7) is 1.85. The maximum Gasteiger partial charge on any atom is 0.214 e. The molecule has 0 aromatic carbocycles. The topological polar surface area (TPSA) is 17.3 Å². The molecule has 2 nitrogen and oxygen atoms in total. The molecule has 4 heteroatoms. The third kappa shape index (κ3) is 1.03. The minimum absolute atomic E-state index is 0.337. The minimum atomic E-state index is -0.337. The summed E-state index contributed by atoms with van der Waals surface area (Å²) in [5.41, 5.74) is 1.65. The molecule has 0 aliphatic rings. The Morgan fingerprint density at radius 3 is 3.00 bits per heavy atom. The number of nitrogens with zero attached hydrogens (tertiary/aromatic N) is 2. The molecule has 62 valence electrons. The van der Waals surface area contributed by atoms with Crippen molar-refractivity contribution in [2.45, 2.75) is 6.92 Å². The maximum absolute atomic E-state index is 13.1. The zero-order chi connectivity index (χ0) is 8.72. The summed E-state index contributed by atoms with van der Waals surface area (Å²) in [4.78, 5) is 0. The maximum atomic E-state index is 13.1. The van der Waals surface area contributed by atoms with Gasteiger partial charge >= 0.3 is 0 Å². The molecule has 0 unspecified atom stereocenters. The molecule has 0 spiro atoms. The van der Waals surface area contributed by atoms with Gasteiger partial charge in [0.05, 0.1) is 16.2 Å². The number of hydrogen-bond acceptors (Lipinski definition) is 1. The molecule has 0 N–H and O–H groups in total. The number of aryl methyl sites for hydroxylation is 1. The molecule has 2 rings (SSSR count). The first-order valence-corrected chi connectivity index (χ1v) is 4.27. The molecular formula is C8H6BrFN2. The van der Waals surface area contributed by atoms with Crippen LogP contribution in [-0.4, -0.2) is 9.61 Å². The molecule has 0 bridgehead atoms. The van der Waals surface area contributed by atoms with E-state index in [9.17, 15) is 4.39 Å². The van der Waals surface area contributed by atoms with Crippen LogP contribution in [0.1, 0.15) is 5.56 Å². The Morgan fingerprint density at radius 1 is 1.50 bits per heavy atom. The van der Waals surface area contributed by atoms with Gasteiger partial charge in [0.2, 0.25) is 5.95 Å². The van der Waals surface area contributed by atoms with E-state index in [0.29, 0.717) is 0 Å². The van der Waals surface area contributed by atoms with Gasteiger partial charge in [-0.3, -0.25) is 0 Å². The summed E-state index contributed by atoms with van der Waals surface area (Å²) in [7, 11) is 0. The second kappa shape index (κ2) is 2.55. The highest BCUT2D eigenvalue weighted by Gasteiger charge is 2.05. The molecule has 2 heterocycles. The average molecular weight is 229 g/mol. The molecule has 0 fully saturated rings. The Labute approximate surface area is 77.1 Å². The van der Waals surface area contributed by atoms with Gasteiger partial charge in [-0.15, -0.1) is 0 Å². The fraction of sp³-hybridized carbons (Fsp3) is 0.125. The molecular weight excluding hydrogens is 223 g/mol. The molecule has 0 atom stereocenters. The van der Waals surface area contributed by atoms with E-state index < -0.39 is 0 Å². The van der Waals surface area contributed by atoms with Crippen molar-refractivity contribution in [3.63, 3.8) is 0 Å². The monoisotopic (exact) mass is 228 g/mol. The van der Waals surface area contributed by atoms with Crippen molar-refractivity contribution in [3.05, 3.63) is 34.3 Å². The van der Waals surface area contributed by atoms with Gasteiger partial charge in [-0.1, -0.05) is 0 Å². The Bertz CT molecular complexity index is 436. The van der Waals surface area contributed by atoms with Crippen molar-refractivity contribution >= 4 is 21.4 Å². The number of rotatable bonds is 0. The van der Waals surface area contributed by atoms with Crippen molar-refractivity contribution in [1.82, 2.24) is 9.61 Å². The zero-order valence-corrected chi connectivity index (χ0v) is 7.97. The standard InChI is InChI=1S/C8H6BrFN2/c1-5-2-7-6(9)4-11-12(7)8(10)3-5/h2-4H,1H3. The van der Waals surface area contributed by atoms with Crippen molar-refractivity contribution < 1.29 is 4.39 Å². The lowest BCUT2D eigenvalue weighted by atomic mass is 10.3. The number of halogens is 2. The van der Waals surface area contributed by atoms with E-state index in [-0.39, 0.29) is 5.95 Å². The van der Waals surface area contributed by atoms with Gasteiger partial charge < -0.3 is 0 Å². The quantitative estimate of drug-likeness (QED) is 0.634. The highest BCUT2D eigenvalue weighted by atomic mass is 79.9. The van der Waals surface area contributed by atoms with E-state index in [1.54, 1.807) is 6.20 Å². The predicted molar refractivity (Wildman–Crippen MR) is 47.6 cm³/mol. The van der Waals surface area contributed by atoms with Gasteiger partial charge in [0.25, 0.3) is 0 Å². The lowest BCUT2D eigenvalue weighted by molar-refractivity contribution is 0.544. The van der Waals surface area contributed by atoms with Crippen LogP contribution in [0.15, 0.2) is 22.8 Å². The van der Waals surface area contributed by atoms with E-state index in [1.165, 1.54) is 10.6 Å². The highest BCUT2D eigenvalue weighted by Crippen LogP contribution is 2.19. The van der Waals surface area contributed by atoms with E-state index in [2.05, 4.69) is 21.0 Å². The highest BCUT2D eigenvalue weighted by molar-refractivity contribution is 9.10. The second-order valence-corrected chi connectivity index (χ2v) is 3.50. The zero-order valence-electron chi connectivity index (χ0n) is 6.38. The third-order valence-corrected chi connectivity index (χ3v) is 2.28. The normalized spacial score (nSPS) is 10.9. The van der Waals surface area contributed by atoms with Crippen LogP contribution in [0.25, 0.3) is 5.52 Å². The van der Waals surface area contributed by atoms with E-state index >= 15 is 0 Å². The first-order valence-electron chi connectivity index (χ1n) is 3.48. The van der Waals surface area contributed by atoms with Crippen LogP contribution in [-0.2, 0) is 0 Å². The Morgan fingerprint density at radius 2 is 2.25 bits per heavy atom. The smallest absolute Gasteiger partial charge is 0.205 e. The molecule has 0 saturated carbocycles. The minimum Gasteiger partial charge on any atom is -0.205 e. The van der Waals surface area contributed by atoms with E-state index in [4.69, 9.17) is 0 Å². The third-order valence-electron chi connectivity index (χ3n) is 1.67. The number of fused-ring (bicyclic) bond motifs is 1. The van der Waals surface area contributed by atoms with E-state index in [0.717, 1.165) is 15.6 Å². The molecule has 0 radical (unpaired) electrons. The summed E-state index contributed by atoms with van der Waals surface area (Å²) in [6, 6.07) is 3.33. The summed E-state index contributed by atoms with van der Waals surface area (Å²) in [6.07, 6.45) is 1.58. The average Bonchev–Trinajstić information content (AvgIpc) is 2.33. The number of aromatic nitrogens is 2. The second-order valence-electron chi connectivity index (χ2n) is 2.64. The first-order chi connectivity index (χ1) is 5.68. The lowest BCUT2D eigenvalue weighted by Crippen LogP contribution is -1.94. The van der Waals surface area contributed by atoms with Gasteiger partial charge in [0.1, 0.15) is 0 Å². The fourth-order valence-corrected chi connectivity index (χ4v) is 1.52. The van der Waals surface area contributed by atoms with Gasteiger partial charge in [-0.05, 0) is 40.5 Å². The predicted octanol–water partition coefficient (Wildman–Crippen LogP) is 2.54. The van der Waals surface area contributed by atoms with Gasteiger partial charge in [0.15, 0.2) is 0 Å². The van der Waals surface area contributed by atoms with Crippen LogP contribution < -0.4 is 0 Å². The summed E-state index contributed by atoms with van der Waals surface area (Å²) < 4.78 is 15.2. The van der Waals surface area contributed by atoms with Crippen molar-refractivity contribution in [2.24, 2.45) is 0 Å². The molecule has 2 aromatic heterocycles. The molecule has 12 heavy (non-hydrogen) atoms. The Kier molecular flexibility index (Phi) is 1.65. The molecule has 0 saturated heterocycles. The lowest BCUT2D eigenvalue weighted by Gasteiger charge is -1.97. The van der Waals surface area contributed by atoms with Crippen LogP contribution in [0, 0.1) is 12.9 Å². The summed E-state index contributed by atoms with van der Waals surface area (Å²) in [5, 5.41) is 3.85.